The molecule has 3 aromatic rings. The Kier molecular flexibility index (Phi) is 6.85. The highest BCUT2D eigenvalue weighted by atomic mass is 32.2. The molecule has 0 saturated heterocycles. The van der Waals surface area contributed by atoms with Crippen molar-refractivity contribution in [3.8, 4) is 0 Å². The van der Waals surface area contributed by atoms with Crippen LogP contribution < -0.4 is 0 Å². The van der Waals surface area contributed by atoms with Crippen molar-refractivity contribution in [2.45, 2.75) is 31.8 Å². The molecule has 0 fully saturated rings. The molecule has 0 atom stereocenters. The highest BCUT2D eigenvalue weighted by molar-refractivity contribution is 8.03. The molecule has 6 nitrogen and oxygen atoms in total. The van der Waals surface area contributed by atoms with Crippen molar-refractivity contribution in [2.75, 3.05) is 13.1 Å². The smallest absolute Gasteiger partial charge is 0.213 e. The quantitative estimate of drug-likeness (QED) is 0.352. The van der Waals surface area contributed by atoms with E-state index in [1.54, 1.807) is 22.5 Å². The van der Waals surface area contributed by atoms with Gasteiger partial charge in [0.25, 0.3) is 0 Å². The molecule has 2 aromatic carbocycles. The molecule has 0 aliphatic heterocycles. The first-order valence-electron chi connectivity index (χ1n) is 10.9. The number of tetrazole rings is 1. The fourth-order valence-corrected chi connectivity index (χ4v) is 4.77. The molecule has 1 aliphatic carbocycles. The van der Waals surface area contributed by atoms with Gasteiger partial charge in [0.05, 0.1) is 0 Å². The first kappa shape index (κ1) is 22.0. The maximum atomic E-state index is 12.9. The van der Waals surface area contributed by atoms with Gasteiger partial charge in [-0.15, -0.1) is 5.10 Å². The standard InChI is InChI=1S/C25H27N5OS/c1-4-30(5-2)17-22-13-11-19(24(22)32-25-26-27-28-29(25)3)14-15-23(31)21-12-10-18-8-6-7-9-20(18)16-21/h6-10,12,14-17H,4-5,11,13H2,1-3H3/b15-14+,22-17+. The second kappa shape index (κ2) is 9.96. The van der Waals surface area contributed by atoms with Crippen LogP contribution in [0, 0.1) is 0 Å². The van der Waals surface area contributed by atoms with Crippen LogP contribution in [0.3, 0.4) is 0 Å². The zero-order valence-corrected chi connectivity index (χ0v) is 19.5. The van der Waals surface area contributed by atoms with E-state index < -0.39 is 0 Å². The van der Waals surface area contributed by atoms with Crippen molar-refractivity contribution < 1.29 is 4.79 Å². The monoisotopic (exact) mass is 445 g/mol. The second-order valence-corrected chi connectivity index (χ2v) is 8.65. The van der Waals surface area contributed by atoms with Crippen LogP contribution >= 0.6 is 11.8 Å². The number of carbonyl (C=O) groups is 1. The van der Waals surface area contributed by atoms with Gasteiger partial charge in [-0.05, 0) is 82.9 Å². The van der Waals surface area contributed by atoms with Gasteiger partial charge in [-0.3, -0.25) is 4.79 Å². The minimum Gasteiger partial charge on any atom is -0.378 e. The molecule has 1 heterocycles. The molecule has 0 amide bonds. The first-order chi connectivity index (χ1) is 15.6. The van der Waals surface area contributed by atoms with Crippen LogP contribution in [0.25, 0.3) is 10.8 Å². The van der Waals surface area contributed by atoms with Gasteiger partial charge in [0, 0.05) is 36.8 Å². The van der Waals surface area contributed by atoms with Gasteiger partial charge < -0.3 is 4.90 Å². The molecule has 7 heteroatoms. The van der Waals surface area contributed by atoms with Crippen LogP contribution in [-0.4, -0.2) is 44.0 Å². The van der Waals surface area contributed by atoms with E-state index in [1.165, 1.54) is 5.57 Å². The maximum Gasteiger partial charge on any atom is 0.213 e. The van der Waals surface area contributed by atoms with Crippen LogP contribution in [0.15, 0.2) is 82.0 Å². The third-order valence-electron chi connectivity index (χ3n) is 5.64. The SMILES string of the molecule is CCN(/C=C1\CCC(/C=C/C(=O)c2ccc3ccccc3c2)=C1Sc1nnnn1C)CC. The number of allylic oxidation sites excluding steroid dienone is 4. The Labute approximate surface area is 192 Å². The molecular weight excluding hydrogens is 418 g/mol. The van der Waals surface area contributed by atoms with Crippen LogP contribution in [0.2, 0.25) is 0 Å². The molecule has 32 heavy (non-hydrogen) atoms. The van der Waals surface area contributed by atoms with Gasteiger partial charge >= 0.3 is 0 Å². The van der Waals surface area contributed by atoms with Crippen molar-refractivity contribution in [1.82, 2.24) is 25.1 Å². The molecular formula is C25H27N5OS. The molecule has 1 aliphatic rings. The van der Waals surface area contributed by atoms with E-state index in [0.717, 1.165) is 52.3 Å². The summed E-state index contributed by atoms with van der Waals surface area (Å²) in [6.45, 7) is 6.22. The summed E-state index contributed by atoms with van der Waals surface area (Å²) in [5, 5.41) is 14.8. The Bertz CT molecular complexity index is 1220. The molecule has 1 aromatic heterocycles. The highest BCUT2D eigenvalue weighted by Gasteiger charge is 2.22. The van der Waals surface area contributed by atoms with Gasteiger partial charge in [-0.25, -0.2) is 4.68 Å². The lowest BCUT2D eigenvalue weighted by Gasteiger charge is -2.17. The number of carbonyl (C=O) groups excluding carboxylic acids is 1. The summed E-state index contributed by atoms with van der Waals surface area (Å²) in [5.41, 5.74) is 3.11. The van der Waals surface area contributed by atoms with Gasteiger partial charge in [-0.2, -0.15) is 0 Å². The van der Waals surface area contributed by atoms with Crippen LogP contribution in [0.1, 0.15) is 37.0 Å². The number of ketones is 1. The average Bonchev–Trinajstić information content (AvgIpc) is 3.41. The summed E-state index contributed by atoms with van der Waals surface area (Å²) in [6.07, 6.45) is 7.72. The Morgan fingerprint density at radius 2 is 1.91 bits per heavy atom. The van der Waals surface area contributed by atoms with Crippen molar-refractivity contribution >= 4 is 28.3 Å². The van der Waals surface area contributed by atoms with E-state index in [0.29, 0.717) is 5.56 Å². The van der Waals surface area contributed by atoms with Gasteiger partial charge in [-0.1, -0.05) is 42.5 Å². The van der Waals surface area contributed by atoms with Crippen molar-refractivity contribution in [3.05, 3.63) is 82.4 Å². The number of hydrogen-bond acceptors (Lipinski definition) is 6. The Morgan fingerprint density at radius 3 is 2.62 bits per heavy atom. The van der Waals surface area contributed by atoms with Crippen molar-refractivity contribution in [3.63, 3.8) is 0 Å². The third kappa shape index (κ3) is 4.83. The third-order valence-corrected chi connectivity index (χ3v) is 6.90. The van der Waals surface area contributed by atoms with Crippen LogP contribution in [0.4, 0.5) is 0 Å². The van der Waals surface area contributed by atoms with E-state index in [2.05, 4.69) is 46.5 Å². The fraction of sp³-hybridized carbons (Fsp3) is 0.280. The predicted molar refractivity (Wildman–Crippen MR) is 129 cm³/mol. The number of hydrogen-bond donors (Lipinski definition) is 0. The molecule has 0 bridgehead atoms. The molecule has 164 valence electrons. The second-order valence-electron chi connectivity index (χ2n) is 7.68. The maximum absolute atomic E-state index is 12.9. The summed E-state index contributed by atoms with van der Waals surface area (Å²) in [7, 11) is 1.84. The van der Waals surface area contributed by atoms with E-state index >= 15 is 0 Å². The summed E-state index contributed by atoms with van der Waals surface area (Å²) in [5.74, 6) is 0.00843. The number of fused-ring (bicyclic) bond motifs is 1. The Balaban J connectivity index is 1.64. The minimum absolute atomic E-state index is 0.00843. The molecule has 0 spiro atoms. The van der Waals surface area contributed by atoms with E-state index in [4.69, 9.17) is 0 Å². The number of aromatic nitrogens is 4. The number of rotatable bonds is 8. The van der Waals surface area contributed by atoms with Gasteiger partial charge in [0.15, 0.2) is 5.78 Å². The topological polar surface area (TPSA) is 63.9 Å². The highest BCUT2D eigenvalue weighted by Crippen LogP contribution is 2.42. The predicted octanol–water partition coefficient (Wildman–Crippen LogP) is 5.17. The van der Waals surface area contributed by atoms with E-state index in [9.17, 15) is 4.79 Å². The van der Waals surface area contributed by atoms with Crippen molar-refractivity contribution in [1.29, 1.82) is 0 Å². The van der Waals surface area contributed by atoms with Crippen LogP contribution in [0.5, 0.6) is 0 Å². The van der Waals surface area contributed by atoms with Crippen molar-refractivity contribution in [2.24, 2.45) is 7.05 Å². The Hall–Kier alpha value is -3.19. The largest absolute Gasteiger partial charge is 0.378 e. The average molecular weight is 446 g/mol. The molecule has 0 radical (unpaired) electrons. The summed E-state index contributed by atoms with van der Waals surface area (Å²) in [4.78, 5) is 16.3. The normalized spacial score (nSPS) is 15.4. The first-order valence-corrected chi connectivity index (χ1v) is 11.7. The van der Waals surface area contributed by atoms with Crippen LogP contribution in [-0.2, 0) is 7.05 Å². The zero-order valence-electron chi connectivity index (χ0n) is 18.7. The summed E-state index contributed by atoms with van der Waals surface area (Å²) in [6, 6.07) is 13.9. The molecule has 0 unspecified atom stereocenters. The lowest BCUT2D eigenvalue weighted by atomic mass is 10.0. The zero-order chi connectivity index (χ0) is 22.5. The van der Waals surface area contributed by atoms with E-state index in [1.807, 2.05) is 49.5 Å². The minimum atomic E-state index is 0.00843. The number of aryl methyl sites for hydroxylation is 1. The molecule has 0 saturated carbocycles. The summed E-state index contributed by atoms with van der Waals surface area (Å²) >= 11 is 1.56. The summed E-state index contributed by atoms with van der Waals surface area (Å²) < 4.78 is 1.67. The number of nitrogens with zero attached hydrogens (tertiary/aromatic N) is 5. The Morgan fingerprint density at radius 1 is 1.12 bits per heavy atom. The number of benzene rings is 2. The number of thioether (sulfide) groups is 1. The molecule has 4 rings (SSSR count). The lowest BCUT2D eigenvalue weighted by Crippen LogP contribution is -2.16. The van der Waals surface area contributed by atoms with Gasteiger partial charge in [0.2, 0.25) is 5.16 Å². The van der Waals surface area contributed by atoms with E-state index in [-0.39, 0.29) is 5.78 Å². The lowest BCUT2D eigenvalue weighted by molar-refractivity contribution is 0.104. The molecule has 0 N–H and O–H groups in total. The fourth-order valence-electron chi connectivity index (χ4n) is 3.76. The van der Waals surface area contributed by atoms with Gasteiger partial charge in [0.1, 0.15) is 0 Å².